The van der Waals surface area contributed by atoms with Crippen molar-refractivity contribution in [2.45, 2.75) is 32.2 Å². The molecule has 2 N–H and O–H groups in total. The van der Waals surface area contributed by atoms with E-state index in [9.17, 15) is 9.18 Å². The maximum absolute atomic E-state index is 13.2. The van der Waals surface area contributed by atoms with Crippen molar-refractivity contribution < 1.29 is 14.3 Å². The number of benzene rings is 1. The van der Waals surface area contributed by atoms with Crippen LogP contribution < -0.4 is 5.32 Å². The van der Waals surface area contributed by atoms with Crippen LogP contribution >= 0.6 is 0 Å². The largest absolute Gasteiger partial charge is 0.505 e. The molecule has 0 unspecified atom stereocenters. The number of aromatic hydroxyl groups is 1. The second-order valence-electron chi connectivity index (χ2n) is 5.35. The Hall–Kier alpha value is -2.50. The smallest absolute Gasteiger partial charge is 0.224 e. The predicted octanol–water partition coefficient (Wildman–Crippen LogP) is 1.67. The first kappa shape index (κ1) is 14.4. The molecule has 22 heavy (non-hydrogen) atoms. The molecule has 0 saturated heterocycles. The highest BCUT2D eigenvalue weighted by atomic mass is 19.1. The third-order valence-electron chi connectivity index (χ3n) is 3.68. The summed E-state index contributed by atoms with van der Waals surface area (Å²) in [6.45, 7) is 0.257. The van der Waals surface area contributed by atoms with Gasteiger partial charge in [0.2, 0.25) is 5.91 Å². The lowest BCUT2D eigenvalue weighted by molar-refractivity contribution is -0.120. The fraction of sp³-hybridized carbons (Fsp3) is 0.312. The number of carbonyl (C=O) groups is 1. The fourth-order valence-electron chi connectivity index (χ4n) is 2.53. The molecule has 0 bridgehead atoms. The molecule has 1 amide bonds. The lowest BCUT2D eigenvalue weighted by Gasteiger charge is -2.06. The molecular formula is C16H16FN3O2. The molecule has 0 fully saturated rings. The van der Waals surface area contributed by atoms with Crippen LogP contribution in [0.3, 0.4) is 0 Å². The van der Waals surface area contributed by atoms with E-state index in [2.05, 4.69) is 15.3 Å². The van der Waals surface area contributed by atoms with Crippen molar-refractivity contribution in [3.05, 3.63) is 52.9 Å². The Bertz CT molecular complexity index is 719. The lowest BCUT2D eigenvalue weighted by atomic mass is 10.1. The minimum Gasteiger partial charge on any atom is -0.505 e. The lowest BCUT2D eigenvalue weighted by Crippen LogP contribution is -2.25. The van der Waals surface area contributed by atoms with Gasteiger partial charge in [-0.25, -0.2) is 14.4 Å². The van der Waals surface area contributed by atoms with Crippen LogP contribution in [0.4, 0.5) is 4.39 Å². The summed E-state index contributed by atoms with van der Waals surface area (Å²) >= 11 is 0. The molecule has 1 aliphatic carbocycles. The van der Waals surface area contributed by atoms with Gasteiger partial charge in [-0.3, -0.25) is 4.79 Å². The molecule has 1 aromatic heterocycles. The highest BCUT2D eigenvalue weighted by Gasteiger charge is 2.14. The van der Waals surface area contributed by atoms with Gasteiger partial charge in [0.05, 0.1) is 13.0 Å². The molecule has 0 aliphatic heterocycles. The van der Waals surface area contributed by atoms with Crippen molar-refractivity contribution in [1.29, 1.82) is 0 Å². The second kappa shape index (κ2) is 6.09. The van der Waals surface area contributed by atoms with Crippen LogP contribution in [0.5, 0.6) is 5.75 Å². The van der Waals surface area contributed by atoms with Crippen LogP contribution in [0.2, 0.25) is 0 Å². The Morgan fingerprint density at radius 2 is 2.23 bits per heavy atom. The Morgan fingerprint density at radius 3 is 3.05 bits per heavy atom. The van der Waals surface area contributed by atoms with Crippen molar-refractivity contribution >= 4 is 5.91 Å². The number of fused-ring (bicyclic) bond motifs is 1. The van der Waals surface area contributed by atoms with Gasteiger partial charge in [0, 0.05) is 11.9 Å². The predicted molar refractivity (Wildman–Crippen MR) is 77.7 cm³/mol. The number of phenols is 1. The highest BCUT2D eigenvalue weighted by molar-refractivity contribution is 5.78. The summed E-state index contributed by atoms with van der Waals surface area (Å²) in [5.74, 6) is -0.803. The third kappa shape index (κ3) is 3.21. The zero-order valence-corrected chi connectivity index (χ0v) is 12.0. The van der Waals surface area contributed by atoms with E-state index < -0.39 is 11.6 Å². The van der Waals surface area contributed by atoms with E-state index in [4.69, 9.17) is 5.11 Å². The number of hydrogen-bond donors (Lipinski definition) is 2. The zero-order valence-electron chi connectivity index (χ0n) is 12.0. The van der Waals surface area contributed by atoms with Gasteiger partial charge in [-0.15, -0.1) is 0 Å². The standard InChI is InChI=1S/C16H16FN3O2/c17-12-6-10(4-5-14(12)21)7-16(22)19-9-15-18-8-11-2-1-3-13(11)20-15/h4-6,8,21H,1-3,7,9H2,(H,19,22). The fourth-order valence-corrected chi connectivity index (χ4v) is 2.53. The molecule has 1 heterocycles. The Balaban J connectivity index is 1.57. The maximum Gasteiger partial charge on any atom is 0.224 e. The highest BCUT2D eigenvalue weighted by Crippen LogP contribution is 2.18. The van der Waals surface area contributed by atoms with Gasteiger partial charge in [-0.1, -0.05) is 6.07 Å². The summed E-state index contributed by atoms with van der Waals surface area (Å²) < 4.78 is 13.2. The van der Waals surface area contributed by atoms with E-state index in [-0.39, 0.29) is 18.9 Å². The van der Waals surface area contributed by atoms with Gasteiger partial charge in [-0.2, -0.15) is 0 Å². The number of aromatic nitrogens is 2. The number of nitrogens with one attached hydrogen (secondary N) is 1. The minimum absolute atomic E-state index is 0.0438. The first-order chi connectivity index (χ1) is 10.6. The van der Waals surface area contributed by atoms with E-state index in [1.54, 1.807) is 0 Å². The van der Waals surface area contributed by atoms with Gasteiger partial charge in [0.15, 0.2) is 11.6 Å². The van der Waals surface area contributed by atoms with E-state index in [1.165, 1.54) is 17.7 Å². The molecule has 0 saturated carbocycles. The summed E-state index contributed by atoms with van der Waals surface area (Å²) in [6, 6.07) is 3.91. The summed E-state index contributed by atoms with van der Waals surface area (Å²) in [6.07, 6.45) is 4.96. The summed E-state index contributed by atoms with van der Waals surface area (Å²) in [7, 11) is 0. The topological polar surface area (TPSA) is 75.1 Å². The van der Waals surface area contributed by atoms with E-state index in [0.29, 0.717) is 11.4 Å². The first-order valence-corrected chi connectivity index (χ1v) is 7.19. The van der Waals surface area contributed by atoms with E-state index in [1.807, 2.05) is 6.20 Å². The van der Waals surface area contributed by atoms with Crippen molar-refractivity contribution in [3.8, 4) is 5.75 Å². The van der Waals surface area contributed by atoms with E-state index >= 15 is 0 Å². The molecule has 5 nitrogen and oxygen atoms in total. The third-order valence-corrected chi connectivity index (χ3v) is 3.68. The van der Waals surface area contributed by atoms with Gasteiger partial charge >= 0.3 is 0 Å². The quantitative estimate of drug-likeness (QED) is 0.901. The van der Waals surface area contributed by atoms with Crippen LogP contribution in [-0.2, 0) is 30.6 Å². The Morgan fingerprint density at radius 1 is 1.36 bits per heavy atom. The summed E-state index contributed by atoms with van der Waals surface area (Å²) in [5, 5.41) is 11.8. The first-order valence-electron chi connectivity index (χ1n) is 7.19. The van der Waals surface area contributed by atoms with Gasteiger partial charge in [0.1, 0.15) is 5.82 Å². The van der Waals surface area contributed by atoms with Crippen molar-refractivity contribution in [1.82, 2.24) is 15.3 Å². The van der Waals surface area contributed by atoms with Crippen molar-refractivity contribution in [2.75, 3.05) is 0 Å². The average Bonchev–Trinajstić information content (AvgIpc) is 2.96. The average molecular weight is 301 g/mol. The summed E-state index contributed by atoms with van der Waals surface area (Å²) in [4.78, 5) is 20.5. The molecule has 0 atom stereocenters. The number of halogens is 1. The maximum atomic E-state index is 13.2. The van der Waals surface area contributed by atoms with Gasteiger partial charge in [-0.05, 0) is 42.5 Å². The van der Waals surface area contributed by atoms with E-state index in [0.717, 1.165) is 31.0 Å². The minimum atomic E-state index is -0.729. The molecule has 2 aromatic rings. The Labute approximate surface area is 127 Å². The van der Waals surface area contributed by atoms with Gasteiger partial charge < -0.3 is 10.4 Å². The molecular weight excluding hydrogens is 285 g/mol. The normalized spacial score (nSPS) is 13.0. The molecule has 0 radical (unpaired) electrons. The van der Waals surface area contributed by atoms with Crippen LogP contribution in [0.1, 0.15) is 29.1 Å². The number of nitrogens with zero attached hydrogens (tertiary/aromatic N) is 2. The number of phenolic OH excluding ortho intramolecular Hbond substituents is 1. The van der Waals surface area contributed by atoms with Crippen LogP contribution in [0.25, 0.3) is 0 Å². The van der Waals surface area contributed by atoms with Crippen LogP contribution in [-0.4, -0.2) is 21.0 Å². The summed E-state index contributed by atoms with van der Waals surface area (Å²) in [5.41, 5.74) is 2.76. The van der Waals surface area contributed by atoms with Crippen molar-refractivity contribution in [3.63, 3.8) is 0 Å². The molecule has 6 heteroatoms. The van der Waals surface area contributed by atoms with Crippen molar-refractivity contribution in [2.24, 2.45) is 0 Å². The zero-order chi connectivity index (χ0) is 15.5. The van der Waals surface area contributed by atoms with Crippen LogP contribution in [0, 0.1) is 5.82 Å². The number of carbonyl (C=O) groups excluding carboxylic acids is 1. The second-order valence-corrected chi connectivity index (χ2v) is 5.35. The monoisotopic (exact) mass is 301 g/mol. The van der Waals surface area contributed by atoms with Crippen LogP contribution in [0.15, 0.2) is 24.4 Å². The Kier molecular flexibility index (Phi) is 4.00. The SMILES string of the molecule is O=C(Cc1ccc(O)c(F)c1)NCc1ncc2c(n1)CCC2. The molecule has 114 valence electrons. The number of aryl methyl sites for hydroxylation is 2. The number of rotatable bonds is 4. The number of amides is 1. The molecule has 1 aromatic carbocycles. The van der Waals surface area contributed by atoms with Gasteiger partial charge in [0.25, 0.3) is 0 Å². The number of hydrogen-bond acceptors (Lipinski definition) is 4. The molecule has 3 rings (SSSR count). The molecule has 1 aliphatic rings. The molecule has 0 spiro atoms.